The molecule has 1 saturated heterocycles. The van der Waals surface area contributed by atoms with Gasteiger partial charge in [0, 0.05) is 19.2 Å². The lowest BCUT2D eigenvalue weighted by Crippen LogP contribution is -2.40. The minimum absolute atomic E-state index is 0.0345. The molecule has 8 nitrogen and oxygen atoms in total. The zero-order valence-corrected chi connectivity index (χ0v) is 16.5. The highest BCUT2D eigenvalue weighted by Crippen LogP contribution is 2.26. The van der Waals surface area contributed by atoms with Crippen LogP contribution < -0.4 is 14.2 Å². The topological polar surface area (TPSA) is 94.2 Å². The van der Waals surface area contributed by atoms with Gasteiger partial charge in [-0.1, -0.05) is 6.07 Å². The summed E-state index contributed by atoms with van der Waals surface area (Å²) in [5, 5.41) is 0. The summed E-state index contributed by atoms with van der Waals surface area (Å²) < 4.78 is 43.8. The molecule has 1 fully saturated rings. The summed E-state index contributed by atoms with van der Waals surface area (Å²) in [6.07, 6.45) is 0. The molecule has 0 atom stereocenters. The first-order valence-corrected chi connectivity index (χ1v) is 10.1. The molecule has 1 N–H and O–H groups in total. The van der Waals surface area contributed by atoms with Crippen molar-refractivity contribution in [3.63, 3.8) is 0 Å². The molecule has 1 aliphatic rings. The van der Waals surface area contributed by atoms with E-state index in [-0.39, 0.29) is 16.4 Å². The van der Waals surface area contributed by atoms with Gasteiger partial charge in [-0.25, -0.2) is 8.42 Å². The summed E-state index contributed by atoms with van der Waals surface area (Å²) in [6.45, 7) is 1.79. The molecular weight excluding hydrogens is 384 g/mol. The number of carbonyl (C=O) groups excluding carboxylic acids is 1. The highest BCUT2D eigenvalue weighted by molar-refractivity contribution is 7.92. The van der Waals surface area contributed by atoms with Crippen LogP contribution >= 0.6 is 0 Å². The number of anilines is 1. The van der Waals surface area contributed by atoms with Gasteiger partial charge in [-0.15, -0.1) is 0 Å². The second-order valence-corrected chi connectivity index (χ2v) is 7.79. The summed E-state index contributed by atoms with van der Waals surface area (Å²) in [5.74, 6) is 0.550. The number of benzene rings is 2. The molecule has 0 unspecified atom stereocenters. The highest BCUT2D eigenvalue weighted by atomic mass is 32.2. The number of hydrogen-bond donors (Lipinski definition) is 1. The minimum atomic E-state index is -3.91. The van der Waals surface area contributed by atoms with E-state index >= 15 is 0 Å². The van der Waals surface area contributed by atoms with Crippen LogP contribution in [-0.2, 0) is 14.8 Å². The fraction of sp³-hybridized carbons (Fsp3) is 0.316. The van der Waals surface area contributed by atoms with E-state index in [4.69, 9.17) is 14.2 Å². The van der Waals surface area contributed by atoms with Crippen LogP contribution in [0.25, 0.3) is 0 Å². The Morgan fingerprint density at radius 2 is 1.82 bits per heavy atom. The van der Waals surface area contributed by atoms with Gasteiger partial charge in [-0.3, -0.25) is 9.52 Å². The molecule has 28 heavy (non-hydrogen) atoms. The second-order valence-electron chi connectivity index (χ2n) is 6.10. The van der Waals surface area contributed by atoms with E-state index in [1.807, 2.05) is 0 Å². The van der Waals surface area contributed by atoms with Crippen LogP contribution in [0.1, 0.15) is 10.4 Å². The van der Waals surface area contributed by atoms with Gasteiger partial charge in [0.1, 0.15) is 11.5 Å². The standard InChI is InChI=1S/C19H22N2O6S/c1-25-15-5-3-4-14(12-15)20-28(23,24)16-6-7-18(26-2)17(13-16)19(22)21-8-10-27-11-9-21/h3-7,12-13,20H,8-11H2,1-2H3. The molecule has 0 saturated carbocycles. The fourth-order valence-corrected chi connectivity index (χ4v) is 3.93. The molecule has 0 spiro atoms. The molecule has 1 aliphatic heterocycles. The molecule has 2 aromatic carbocycles. The maximum absolute atomic E-state index is 12.9. The third-order valence-corrected chi connectivity index (χ3v) is 5.71. The van der Waals surface area contributed by atoms with Crippen LogP contribution in [0.15, 0.2) is 47.4 Å². The van der Waals surface area contributed by atoms with Crippen molar-refractivity contribution in [3.8, 4) is 11.5 Å². The van der Waals surface area contributed by atoms with Crippen molar-refractivity contribution < 1.29 is 27.4 Å². The van der Waals surface area contributed by atoms with Crippen molar-refractivity contribution in [3.05, 3.63) is 48.0 Å². The summed E-state index contributed by atoms with van der Waals surface area (Å²) in [4.78, 5) is 14.4. The first-order valence-electron chi connectivity index (χ1n) is 8.66. The average Bonchev–Trinajstić information content (AvgIpc) is 2.73. The highest BCUT2D eigenvalue weighted by Gasteiger charge is 2.24. The Hall–Kier alpha value is -2.78. The number of ether oxygens (including phenoxy) is 3. The molecule has 0 radical (unpaired) electrons. The summed E-state index contributed by atoms with van der Waals surface area (Å²) >= 11 is 0. The monoisotopic (exact) mass is 406 g/mol. The van der Waals surface area contributed by atoms with E-state index in [1.165, 1.54) is 32.4 Å². The quantitative estimate of drug-likeness (QED) is 0.788. The van der Waals surface area contributed by atoms with Gasteiger partial charge in [0.2, 0.25) is 0 Å². The van der Waals surface area contributed by atoms with E-state index in [0.29, 0.717) is 43.5 Å². The molecule has 0 aromatic heterocycles. The lowest BCUT2D eigenvalue weighted by atomic mass is 10.1. The average molecular weight is 406 g/mol. The van der Waals surface area contributed by atoms with Crippen LogP contribution in [0.2, 0.25) is 0 Å². The zero-order valence-electron chi connectivity index (χ0n) is 15.7. The number of nitrogens with one attached hydrogen (secondary N) is 1. The van der Waals surface area contributed by atoms with Gasteiger partial charge < -0.3 is 19.1 Å². The van der Waals surface area contributed by atoms with Crippen molar-refractivity contribution in [2.45, 2.75) is 4.90 Å². The van der Waals surface area contributed by atoms with Crippen molar-refractivity contribution in [1.29, 1.82) is 0 Å². The second kappa shape index (κ2) is 8.49. The van der Waals surface area contributed by atoms with E-state index in [2.05, 4.69) is 4.72 Å². The zero-order chi connectivity index (χ0) is 20.1. The molecule has 0 aliphatic carbocycles. The van der Waals surface area contributed by atoms with Gasteiger partial charge in [0.05, 0.1) is 43.6 Å². The molecule has 1 amide bonds. The number of nitrogens with zero attached hydrogens (tertiary/aromatic N) is 1. The Bertz CT molecular complexity index is 955. The van der Waals surface area contributed by atoms with Crippen molar-refractivity contribution >= 4 is 21.6 Å². The third kappa shape index (κ3) is 4.37. The molecule has 150 valence electrons. The Morgan fingerprint density at radius 3 is 2.50 bits per heavy atom. The molecule has 3 rings (SSSR count). The molecule has 1 heterocycles. The van der Waals surface area contributed by atoms with Crippen LogP contribution in [0.4, 0.5) is 5.69 Å². The predicted molar refractivity (Wildman–Crippen MR) is 104 cm³/mol. The van der Waals surface area contributed by atoms with Crippen molar-refractivity contribution in [1.82, 2.24) is 4.90 Å². The number of amides is 1. The number of hydrogen-bond acceptors (Lipinski definition) is 6. The number of carbonyl (C=O) groups is 1. The number of morpholine rings is 1. The lowest BCUT2D eigenvalue weighted by molar-refractivity contribution is 0.0300. The Morgan fingerprint density at radius 1 is 1.07 bits per heavy atom. The van der Waals surface area contributed by atoms with E-state index < -0.39 is 10.0 Å². The molecule has 0 bridgehead atoms. The van der Waals surface area contributed by atoms with E-state index in [1.54, 1.807) is 29.2 Å². The van der Waals surface area contributed by atoms with Gasteiger partial charge in [0.15, 0.2) is 0 Å². The normalized spacial score (nSPS) is 14.4. The number of sulfonamides is 1. The smallest absolute Gasteiger partial charge is 0.261 e. The molecule has 9 heteroatoms. The van der Waals surface area contributed by atoms with Crippen LogP contribution in [0.3, 0.4) is 0 Å². The van der Waals surface area contributed by atoms with E-state index in [9.17, 15) is 13.2 Å². The van der Waals surface area contributed by atoms with Crippen LogP contribution in [0, 0.1) is 0 Å². The van der Waals surface area contributed by atoms with Crippen LogP contribution in [0.5, 0.6) is 11.5 Å². The first-order chi connectivity index (χ1) is 13.4. The number of methoxy groups -OCH3 is 2. The predicted octanol–water partition coefficient (Wildman–Crippen LogP) is 1.98. The Balaban J connectivity index is 1.91. The largest absolute Gasteiger partial charge is 0.497 e. The third-order valence-electron chi connectivity index (χ3n) is 4.33. The van der Waals surface area contributed by atoms with Gasteiger partial charge in [-0.05, 0) is 30.3 Å². The Kier molecular flexibility index (Phi) is 6.05. The Labute approximate surface area is 164 Å². The maximum atomic E-state index is 12.9. The van der Waals surface area contributed by atoms with E-state index in [0.717, 1.165) is 0 Å². The van der Waals surface area contributed by atoms with Gasteiger partial charge >= 0.3 is 0 Å². The maximum Gasteiger partial charge on any atom is 0.261 e. The number of rotatable bonds is 6. The first kappa shape index (κ1) is 20.0. The minimum Gasteiger partial charge on any atom is -0.497 e. The SMILES string of the molecule is COc1cccc(NS(=O)(=O)c2ccc(OC)c(C(=O)N3CCOCC3)c2)c1. The van der Waals surface area contributed by atoms with Gasteiger partial charge in [-0.2, -0.15) is 0 Å². The lowest BCUT2D eigenvalue weighted by Gasteiger charge is -2.27. The van der Waals surface area contributed by atoms with Crippen LogP contribution in [-0.4, -0.2) is 59.7 Å². The van der Waals surface area contributed by atoms with Crippen molar-refractivity contribution in [2.75, 3.05) is 45.2 Å². The summed E-state index contributed by atoms with van der Waals surface area (Å²) in [5.41, 5.74) is 0.550. The fourth-order valence-electron chi connectivity index (χ4n) is 2.86. The van der Waals surface area contributed by atoms with Gasteiger partial charge in [0.25, 0.3) is 15.9 Å². The summed E-state index contributed by atoms with van der Waals surface area (Å²) in [7, 11) is -0.967. The molecular formula is C19H22N2O6S. The summed E-state index contributed by atoms with van der Waals surface area (Å²) in [6, 6.07) is 10.8. The van der Waals surface area contributed by atoms with Crippen molar-refractivity contribution in [2.24, 2.45) is 0 Å². The molecule has 2 aromatic rings.